The molecule has 0 atom stereocenters. The number of anilines is 1. The standard InChI is InChI=1S/C16H18ClNO2/c1-11-9-15(18)14(17)10-16(11)20-13-5-3-12(4-6-13)7-8-19-2/h3-6,9-10H,7-8,18H2,1-2H3. The summed E-state index contributed by atoms with van der Waals surface area (Å²) in [4.78, 5) is 0. The minimum atomic E-state index is 0.502. The summed E-state index contributed by atoms with van der Waals surface area (Å²) in [5.41, 5.74) is 8.48. The average Bonchev–Trinajstić information content (AvgIpc) is 2.44. The van der Waals surface area contributed by atoms with Crippen molar-refractivity contribution in [3.05, 3.63) is 52.5 Å². The van der Waals surface area contributed by atoms with E-state index < -0.39 is 0 Å². The monoisotopic (exact) mass is 291 g/mol. The third-order valence-corrected chi connectivity index (χ3v) is 3.37. The summed E-state index contributed by atoms with van der Waals surface area (Å²) in [5, 5.41) is 0.502. The van der Waals surface area contributed by atoms with Gasteiger partial charge in [-0.3, -0.25) is 0 Å². The van der Waals surface area contributed by atoms with Crippen LogP contribution in [0.4, 0.5) is 5.69 Å². The first-order valence-electron chi connectivity index (χ1n) is 6.41. The molecule has 2 aromatic rings. The van der Waals surface area contributed by atoms with Crippen LogP contribution in [0.3, 0.4) is 0 Å². The number of aryl methyl sites for hydroxylation is 1. The van der Waals surface area contributed by atoms with Crippen molar-refractivity contribution < 1.29 is 9.47 Å². The molecule has 0 fully saturated rings. The molecule has 3 nitrogen and oxygen atoms in total. The Morgan fingerprint density at radius 2 is 1.85 bits per heavy atom. The molecule has 0 heterocycles. The second kappa shape index (κ2) is 6.64. The molecule has 0 radical (unpaired) electrons. The van der Waals surface area contributed by atoms with Crippen molar-refractivity contribution in [1.82, 2.24) is 0 Å². The first-order valence-corrected chi connectivity index (χ1v) is 6.79. The molecule has 2 rings (SSSR count). The fourth-order valence-corrected chi connectivity index (χ4v) is 2.02. The van der Waals surface area contributed by atoms with Crippen LogP contribution in [0.1, 0.15) is 11.1 Å². The second-order valence-corrected chi connectivity index (χ2v) is 5.04. The molecular weight excluding hydrogens is 274 g/mol. The molecule has 0 spiro atoms. The second-order valence-electron chi connectivity index (χ2n) is 4.63. The van der Waals surface area contributed by atoms with Crippen LogP contribution in [0.25, 0.3) is 0 Å². The van der Waals surface area contributed by atoms with Gasteiger partial charge in [0.05, 0.1) is 17.3 Å². The Bertz CT molecular complexity index is 582. The van der Waals surface area contributed by atoms with E-state index in [4.69, 9.17) is 26.8 Å². The van der Waals surface area contributed by atoms with Crippen molar-refractivity contribution in [3.8, 4) is 11.5 Å². The molecule has 2 aromatic carbocycles. The number of rotatable bonds is 5. The zero-order valence-electron chi connectivity index (χ0n) is 11.7. The number of nitrogens with two attached hydrogens (primary N) is 1. The molecule has 0 unspecified atom stereocenters. The summed E-state index contributed by atoms with van der Waals surface area (Å²) in [6.45, 7) is 2.65. The Hall–Kier alpha value is -1.71. The van der Waals surface area contributed by atoms with Crippen molar-refractivity contribution in [3.63, 3.8) is 0 Å². The molecule has 0 aromatic heterocycles. The lowest BCUT2D eigenvalue weighted by atomic mass is 10.1. The summed E-state index contributed by atoms with van der Waals surface area (Å²) >= 11 is 6.02. The maximum absolute atomic E-state index is 6.02. The van der Waals surface area contributed by atoms with Gasteiger partial charge in [0.1, 0.15) is 11.5 Å². The van der Waals surface area contributed by atoms with E-state index in [1.165, 1.54) is 5.56 Å². The summed E-state index contributed by atoms with van der Waals surface area (Å²) < 4.78 is 10.9. The molecule has 0 bridgehead atoms. The van der Waals surface area contributed by atoms with Gasteiger partial charge in [0.25, 0.3) is 0 Å². The first kappa shape index (κ1) is 14.7. The van der Waals surface area contributed by atoms with Crippen molar-refractivity contribution >= 4 is 17.3 Å². The van der Waals surface area contributed by atoms with E-state index in [1.807, 2.05) is 37.3 Å². The van der Waals surface area contributed by atoms with Gasteiger partial charge in [-0.15, -0.1) is 0 Å². The number of hydrogen-bond donors (Lipinski definition) is 1. The lowest BCUT2D eigenvalue weighted by Crippen LogP contribution is -1.95. The molecule has 0 amide bonds. The molecule has 0 aliphatic rings. The van der Waals surface area contributed by atoms with Gasteiger partial charge in [0, 0.05) is 13.2 Å². The summed E-state index contributed by atoms with van der Waals surface area (Å²) in [7, 11) is 1.70. The smallest absolute Gasteiger partial charge is 0.131 e. The molecule has 0 aliphatic heterocycles. The SMILES string of the molecule is COCCc1ccc(Oc2cc(Cl)c(N)cc2C)cc1. The van der Waals surface area contributed by atoms with Crippen LogP contribution >= 0.6 is 11.6 Å². The Labute approximate surface area is 124 Å². The number of nitrogen functional groups attached to an aromatic ring is 1. The van der Waals surface area contributed by atoms with Crippen LogP contribution in [0.5, 0.6) is 11.5 Å². The minimum Gasteiger partial charge on any atom is -0.457 e. The number of methoxy groups -OCH3 is 1. The zero-order valence-corrected chi connectivity index (χ0v) is 12.4. The van der Waals surface area contributed by atoms with Gasteiger partial charge in [-0.25, -0.2) is 0 Å². The van der Waals surface area contributed by atoms with Crippen molar-refractivity contribution in [2.24, 2.45) is 0 Å². The molecule has 0 aliphatic carbocycles. The molecule has 2 N–H and O–H groups in total. The van der Waals surface area contributed by atoms with Crippen molar-refractivity contribution in [1.29, 1.82) is 0 Å². The minimum absolute atomic E-state index is 0.502. The first-order chi connectivity index (χ1) is 9.60. The van der Waals surface area contributed by atoms with E-state index >= 15 is 0 Å². The third kappa shape index (κ3) is 3.65. The van der Waals surface area contributed by atoms with Gasteiger partial charge in [0.2, 0.25) is 0 Å². The van der Waals surface area contributed by atoms with Gasteiger partial charge in [0.15, 0.2) is 0 Å². The lowest BCUT2D eigenvalue weighted by Gasteiger charge is -2.11. The summed E-state index contributed by atoms with van der Waals surface area (Å²) in [6, 6.07) is 11.5. The molecule has 0 saturated heterocycles. The predicted octanol–water partition coefficient (Wildman–Crippen LogP) is 4.21. The van der Waals surface area contributed by atoms with E-state index in [1.54, 1.807) is 13.2 Å². The highest BCUT2D eigenvalue weighted by Gasteiger charge is 2.06. The summed E-state index contributed by atoms with van der Waals surface area (Å²) in [6.07, 6.45) is 0.892. The average molecular weight is 292 g/mol. The quantitative estimate of drug-likeness (QED) is 0.839. The highest BCUT2D eigenvalue weighted by molar-refractivity contribution is 6.33. The number of benzene rings is 2. The van der Waals surface area contributed by atoms with E-state index in [0.29, 0.717) is 23.1 Å². The normalized spacial score (nSPS) is 10.6. The highest BCUT2D eigenvalue weighted by atomic mass is 35.5. The van der Waals surface area contributed by atoms with Gasteiger partial charge < -0.3 is 15.2 Å². The van der Waals surface area contributed by atoms with Crippen LogP contribution < -0.4 is 10.5 Å². The molecule has 4 heteroatoms. The number of ether oxygens (including phenoxy) is 2. The molecular formula is C16H18ClNO2. The Morgan fingerprint density at radius 3 is 2.50 bits per heavy atom. The highest BCUT2D eigenvalue weighted by Crippen LogP contribution is 2.31. The van der Waals surface area contributed by atoms with E-state index in [0.717, 1.165) is 17.7 Å². The fourth-order valence-electron chi connectivity index (χ4n) is 1.87. The van der Waals surface area contributed by atoms with Crippen LogP contribution in [0, 0.1) is 6.92 Å². The van der Waals surface area contributed by atoms with E-state index in [2.05, 4.69) is 0 Å². The number of halogens is 1. The molecule has 20 heavy (non-hydrogen) atoms. The predicted molar refractivity (Wildman–Crippen MR) is 82.7 cm³/mol. The molecule has 0 saturated carbocycles. The van der Waals surface area contributed by atoms with E-state index in [9.17, 15) is 0 Å². The van der Waals surface area contributed by atoms with Gasteiger partial charge in [-0.1, -0.05) is 23.7 Å². The van der Waals surface area contributed by atoms with Gasteiger partial charge in [-0.05, 0) is 42.7 Å². The van der Waals surface area contributed by atoms with Crippen molar-refractivity contribution in [2.75, 3.05) is 19.5 Å². The third-order valence-electron chi connectivity index (χ3n) is 3.04. The maximum atomic E-state index is 6.02. The fraction of sp³-hybridized carbons (Fsp3) is 0.250. The van der Waals surface area contributed by atoms with Crippen LogP contribution in [-0.4, -0.2) is 13.7 Å². The molecule has 106 valence electrons. The van der Waals surface area contributed by atoms with Crippen LogP contribution in [0.15, 0.2) is 36.4 Å². The van der Waals surface area contributed by atoms with Crippen LogP contribution in [0.2, 0.25) is 5.02 Å². The van der Waals surface area contributed by atoms with Gasteiger partial charge in [-0.2, -0.15) is 0 Å². The topological polar surface area (TPSA) is 44.5 Å². The maximum Gasteiger partial charge on any atom is 0.131 e. The van der Waals surface area contributed by atoms with Crippen molar-refractivity contribution in [2.45, 2.75) is 13.3 Å². The Kier molecular flexibility index (Phi) is 4.88. The zero-order chi connectivity index (χ0) is 14.5. The van der Waals surface area contributed by atoms with Gasteiger partial charge >= 0.3 is 0 Å². The summed E-state index contributed by atoms with van der Waals surface area (Å²) in [5.74, 6) is 1.49. The lowest BCUT2D eigenvalue weighted by molar-refractivity contribution is 0.202. The van der Waals surface area contributed by atoms with Crippen LogP contribution in [-0.2, 0) is 11.2 Å². The largest absolute Gasteiger partial charge is 0.457 e. The Morgan fingerprint density at radius 1 is 1.15 bits per heavy atom. The number of hydrogen-bond acceptors (Lipinski definition) is 3. The van der Waals surface area contributed by atoms with E-state index in [-0.39, 0.29) is 0 Å². The Balaban J connectivity index is 2.12.